The van der Waals surface area contributed by atoms with Gasteiger partial charge in [-0.2, -0.15) is 0 Å². The summed E-state index contributed by atoms with van der Waals surface area (Å²) in [6.07, 6.45) is 1.12. The first kappa shape index (κ1) is 40.1. The van der Waals surface area contributed by atoms with Crippen molar-refractivity contribution in [2.45, 2.75) is 71.9 Å². The van der Waals surface area contributed by atoms with Crippen LogP contribution < -0.4 is 25.4 Å². The van der Waals surface area contributed by atoms with E-state index in [4.69, 9.17) is 18.9 Å². The van der Waals surface area contributed by atoms with Crippen molar-refractivity contribution < 1.29 is 38.1 Å². The fourth-order valence-electron chi connectivity index (χ4n) is 6.20. The van der Waals surface area contributed by atoms with Crippen LogP contribution >= 0.6 is 0 Å². The number of pyridine rings is 1. The Morgan fingerprint density at radius 3 is 2.15 bits per heavy atom. The van der Waals surface area contributed by atoms with Gasteiger partial charge in [0.15, 0.2) is 5.75 Å². The Morgan fingerprint density at radius 1 is 0.836 bits per heavy atom. The van der Waals surface area contributed by atoms with E-state index in [2.05, 4.69) is 20.9 Å². The number of rotatable bonds is 8. The number of carbonyl (C=O) groups excluding carboxylic acids is 4. The molecule has 292 valence electrons. The summed E-state index contributed by atoms with van der Waals surface area (Å²) < 4.78 is 22.3. The number of nitrogens with zero attached hydrogens (tertiary/aromatic N) is 3. The monoisotopic (exact) mass is 754 g/mol. The minimum Gasteiger partial charge on any atom is -0.492 e. The zero-order chi connectivity index (χ0) is 40.1. The Labute approximate surface area is 321 Å². The van der Waals surface area contributed by atoms with Gasteiger partial charge >= 0.3 is 18.2 Å². The summed E-state index contributed by atoms with van der Waals surface area (Å²) >= 11 is 0. The highest BCUT2D eigenvalue weighted by atomic mass is 16.6. The molecule has 0 saturated carbocycles. The third-order valence-electron chi connectivity index (χ3n) is 9.01. The zero-order valence-corrected chi connectivity index (χ0v) is 32.9. The molecule has 0 aliphatic carbocycles. The van der Waals surface area contributed by atoms with Crippen LogP contribution in [0.25, 0.3) is 10.8 Å². The normalized spacial score (nSPS) is 14.5. The first-order valence-electron chi connectivity index (χ1n) is 18.1. The number of piperazine rings is 1. The molecular weight excluding hydrogens is 704 g/mol. The SMILES string of the molecule is CCC1CN(C(=O)c2cc(Oc3ccc(NC(=O)Nc4cc(C(C)(C)C)cc(NC(=O)OC)c4OC)c4ccccc34)ccn2)CCN1C(=O)OC(C)(C)C. The second-order valence-corrected chi connectivity index (χ2v) is 15.2. The molecule has 1 fully saturated rings. The Morgan fingerprint density at radius 2 is 1.51 bits per heavy atom. The number of nitrogens with one attached hydrogen (secondary N) is 3. The number of anilines is 3. The lowest BCUT2D eigenvalue weighted by molar-refractivity contribution is -0.00129. The molecule has 3 aromatic carbocycles. The van der Waals surface area contributed by atoms with E-state index in [0.29, 0.717) is 65.4 Å². The van der Waals surface area contributed by atoms with E-state index in [1.807, 2.05) is 72.7 Å². The Hall–Kier alpha value is -6.05. The summed E-state index contributed by atoms with van der Waals surface area (Å²) in [5.74, 6) is 0.899. The minimum absolute atomic E-state index is 0.190. The summed E-state index contributed by atoms with van der Waals surface area (Å²) in [5, 5.41) is 9.89. The standard InChI is InChI=1S/C41H50N6O8/c1-10-26-24-46(19-20-47(26)39(51)55-41(5,6)7)36(48)33-23-27(17-18-42-33)54-34-16-15-30(28-13-11-12-14-29(28)34)43-37(49)44-31-21-25(40(2,3)4)22-32(35(31)52-8)45-38(50)53-9/h11-18,21-23,26H,10,19-20,24H2,1-9H3,(H,45,50)(H2,43,44,49). The van der Waals surface area contributed by atoms with Gasteiger partial charge in [-0.15, -0.1) is 0 Å². The van der Waals surface area contributed by atoms with Crippen LogP contribution in [-0.4, -0.2) is 84.4 Å². The maximum Gasteiger partial charge on any atom is 0.411 e. The molecule has 5 amide bonds. The molecule has 0 bridgehead atoms. The van der Waals surface area contributed by atoms with Crippen molar-refractivity contribution in [3.63, 3.8) is 0 Å². The first-order valence-corrected chi connectivity index (χ1v) is 18.1. The van der Waals surface area contributed by atoms with Gasteiger partial charge in [0.2, 0.25) is 0 Å². The molecule has 1 aliphatic heterocycles. The molecule has 1 aromatic heterocycles. The molecule has 3 N–H and O–H groups in total. The van der Waals surface area contributed by atoms with Crippen molar-refractivity contribution in [3.8, 4) is 17.2 Å². The van der Waals surface area contributed by atoms with E-state index >= 15 is 0 Å². The second kappa shape index (κ2) is 16.5. The highest BCUT2D eigenvalue weighted by Crippen LogP contribution is 2.39. The van der Waals surface area contributed by atoms with Gasteiger partial charge in [0, 0.05) is 42.7 Å². The molecule has 0 spiro atoms. The average Bonchev–Trinajstić information content (AvgIpc) is 3.14. The third kappa shape index (κ3) is 9.74. The summed E-state index contributed by atoms with van der Waals surface area (Å²) in [4.78, 5) is 59.8. The van der Waals surface area contributed by atoms with E-state index in [0.717, 1.165) is 5.56 Å². The van der Waals surface area contributed by atoms with E-state index in [-0.39, 0.29) is 34.9 Å². The van der Waals surface area contributed by atoms with Crippen LogP contribution in [0.3, 0.4) is 0 Å². The van der Waals surface area contributed by atoms with Gasteiger partial charge < -0.3 is 39.4 Å². The van der Waals surface area contributed by atoms with E-state index in [1.165, 1.54) is 20.4 Å². The number of ether oxygens (including phenoxy) is 4. The van der Waals surface area contributed by atoms with Gasteiger partial charge in [0.1, 0.15) is 22.8 Å². The quantitative estimate of drug-likeness (QED) is 0.160. The number of aromatic nitrogens is 1. The van der Waals surface area contributed by atoms with E-state index in [1.54, 1.807) is 46.2 Å². The highest BCUT2D eigenvalue weighted by Gasteiger charge is 2.34. The molecule has 1 unspecified atom stereocenters. The zero-order valence-electron chi connectivity index (χ0n) is 32.9. The predicted octanol–water partition coefficient (Wildman–Crippen LogP) is 8.63. The van der Waals surface area contributed by atoms with Crippen molar-refractivity contribution in [3.05, 3.63) is 78.1 Å². The Bertz CT molecular complexity index is 2070. The molecule has 0 radical (unpaired) electrons. The van der Waals surface area contributed by atoms with Crippen molar-refractivity contribution in [1.29, 1.82) is 0 Å². The van der Waals surface area contributed by atoms with Crippen LogP contribution in [-0.2, 0) is 14.9 Å². The molecule has 5 rings (SSSR count). The summed E-state index contributed by atoms with van der Waals surface area (Å²) in [7, 11) is 2.71. The molecular formula is C41H50N6O8. The minimum atomic E-state index is -0.677. The number of amides is 5. The third-order valence-corrected chi connectivity index (χ3v) is 9.01. The Balaban J connectivity index is 1.33. The van der Waals surface area contributed by atoms with Crippen LogP contribution in [0.4, 0.5) is 31.4 Å². The van der Waals surface area contributed by atoms with Crippen LogP contribution in [0.1, 0.15) is 70.9 Å². The van der Waals surface area contributed by atoms with Gasteiger partial charge in [0.05, 0.1) is 37.3 Å². The number of benzene rings is 3. The molecule has 4 aromatic rings. The van der Waals surface area contributed by atoms with Crippen molar-refractivity contribution >= 4 is 52.0 Å². The Kier molecular flexibility index (Phi) is 12.1. The van der Waals surface area contributed by atoms with Gasteiger partial charge in [-0.1, -0.05) is 52.0 Å². The lowest BCUT2D eigenvalue weighted by atomic mass is 9.86. The second-order valence-electron chi connectivity index (χ2n) is 15.2. The van der Waals surface area contributed by atoms with Crippen molar-refractivity contribution in [2.75, 3.05) is 49.8 Å². The molecule has 1 atom stereocenters. The van der Waals surface area contributed by atoms with Gasteiger partial charge in [-0.25, -0.2) is 14.4 Å². The fraction of sp³-hybridized carbons (Fsp3) is 0.390. The van der Waals surface area contributed by atoms with Crippen LogP contribution in [0.15, 0.2) is 66.9 Å². The maximum atomic E-state index is 13.6. The topological polar surface area (TPSA) is 161 Å². The molecule has 2 heterocycles. The summed E-state index contributed by atoms with van der Waals surface area (Å²) in [6, 6.07) is 17.0. The molecule has 55 heavy (non-hydrogen) atoms. The lowest BCUT2D eigenvalue weighted by Crippen LogP contribution is -2.57. The van der Waals surface area contributed by atoms with Crippen molar-refractivity contribution in [1.82, 2.24) is 14.8 Å². The molecule has 1 saturated heterocycles. The van der Waals surface area contributed by atoms with Crippen LogP contribution in [0.2, 0.25) is 0 Å². The summed E-state index contributed by atoms with van der Waals surface area (Å²) in [5.41, 5.74) is 1.33. The summed E-state index contributed by atoms with van der Waals surface area (Å²) in [6.45, 7) is 14.6. The lowest BCUT2D eigenvalue weighted by Gasteiger charge is -2.41. The maximum absolute atomic E-state index is 13.6. The highest BCUT2D eigenvalue weighted by molar-refractivity contribution is 6.08. The van der Waals surface area contributed by atoms with Crippen molar-refractivity contribution in [2.24, 2.45) is 0 Å². The van der Waals surface area contributed by atoms with Crippen LogP contribution in [0, 0.1) is 0 Å². The van der Waals surface area contributed by atoms with Gasteiger partial charge in [-0.3, -0.25) is 15.1 Å². The predicted molar refractivity (Wildman–Crippen MR) is 212 cm³/mol. The number of carbonyl (C=O) groups is 4. The average molecular weight is 755 g/mol. The van der Waals surface area contributed by atoms with Crippen LogP contribution in [0.5, 0.6) is 17.2 Å². The fourth-order valence-corrected chi connectivity index (χ4v) is 6.20. The first-order chi connectivity index (χ1) is 26.0. The van der Waals surface area contributed by atoms with Gasteiger partial charge in [-0.05, 0) is 68.5 Å². The smallest absolute Gasteiger partial charge is 0.411 e. The van der Waals surface area contributed by atoms with Gasteiger partial charge in [0.25, 0.3) is 5.91 Å². The van der Waals surface area contributed by atoms with E-state index < -0.39 is 17.7 Å². The number of hydrogen-bond acceptors (Lipinski definition) is 9. The number of fused-ring (bicyclic) bond motifs is 1. The molecule has 1 aliphatic rings. The van der Waals surface area contributed by atoms with E-state index in [9.17, 15) is 19.2 Å². The number of hydrogen-bond donors (Lipinski definition) is 3. The number of urea groups is 1. The molecule has 14 nitrogen and oxygen atoms in total. The largest absolute Gasteiger partial charge is 0.492 e. The molecule has 14 heteroatoms. The number of methoxy groups -OCH3 is 2.